The molecule has 0 radical (unpaired) electrons. The third-order valence-electron chi connectivity index (χ3n) is 3.52. The number of fused-ring (bicyclic) bond motifs is 1. The van der Waals surface area contributed by atoms with E-state index in [9.17, 15) is 9.90 Å². The van der Waals surface area contributed by atoms with E-state index >= 15 is 0 Å². The van der Waals surface area contributed by atoms with Crippen LogP contribution in [0.25, 0.3) is 11.0 Å². The summed E-state index contributed by atoms with van der Waals surface area (Å²) in [5, 5.41) is 13.4. The van der Waals surface area contributed by atoms with Crippen LogP contribution in [0.1, 0.15) is 23.0 Å². The van der Waals surface area contributed by atoms with E-state index in [1.54, 1.807) is 6.07 Å². The Balaban J connectivity index is 2.19. The molecule has 2 N–H and O–H groups in total. The fourth-order valence-corrected chi connectivity index (χ4v) is 2.04. The van der Waals surface area contributed by atoms with E-state index < -0.39 is 5.97 Å². The van der Waals surface area contributed by atoms with E-state index in [2.05, 4.69) is 17.1 Å². The van der Waals surface area contributed by atoms with Crippen molar-refractivity contribution in [1.29, 1.82) is 0 Å². The van der Waals surface area contributed by atoms with E-state index in [4.69, 9.17) is 4.42 Å². The zero-order valence-electron chi connectivity index (χ0n) is 12.0. The Bertz CT molecular complexity index is 604. The first-order valence-corrected chi connectivity index (χ1v) is 6.61. The van der Waals surface area contributed by atoms with Crippen LogP contribution >= 0.6 is 0 Å². The normalized spacial score (nSPS) is 13.0. The molecule has 0 fully saturated rings. The van der Waals surface area contributed by atoms with Crippen LogP contribution in [0, 0.1) is 0 Å². The van der Waals surface area contributed by atoms with Crippen molar-refractivity contribution in [3.8, 4) is 0 Å². The highest BCUT2D eigenvalue weighted by atomic mass is 16.4. The van der Waals surface area contributed by atoms with Gasteiger partial charge in [0.2, 0.25) is 5.76 Å². The van der Waals surface area contributed by atoms with Crippen LogP contribution in [0.2, 0.25) is 0 Å². The fourth-order valence-electron chi connectivity index (χ4n) is 2.04. The third-order valence-corrected chi connectivity index (χ3v) is 3.52. The molecule has 0 aliphatic carbocycles. The Morgan fingerprint density at radius 3 is 2.75 bits per heavy atom. The Kier molecular flexibility index (Phi) is 4.42. The minimum absolute atomic E-state index is 0.0243. The maximum absolute atomic E-state index is 11.3. The molecule has 1 heterocycles. The average molecular weight is 276 g/mol. The standard InChI is InChI=1S/C15H20N2O3/c1-10(17(2)3)8-16-9-12-11-6-4-5-7-13(11)20-14(12)15(18)19/h4-7,10,16H,8-9H2,1-3H3,(H,18,19). The smallest absolute Gasteiger partial charge is 0.372 e. The number of likely N-dealkylation sites (N-methyl/N-ethyl adjacent to an activating group) is 1. The van der Waals surface area contributed by atoms with Crippen LogP contribution in [-0.2, 0) is 6.54 Å². The molecule has 0 saturated heterocycles. The maximum Gasteiger partial charge on any atom is 0.372 e. The number of nitrogens with one attached hydrogen (secondary N) is 1. The summed E-state index contributed by atoms with van der Waals surface area (Å²) in [6.45, 7) is 3.38. The van der Waals surface area contributed by atoms with Crippen molar-refractivity contribution < 1.29 is 14.3 Å². The van der Waals surface area contributed by atoms with E-state index in [1.165, 1.54) is 0 Å². The molecule has 0 spiro atoms. The molecule has 1 aromatic heterocycles. The summed E-state index contributed by atoms with van der Waals surface area (Å²) >= 11 is 0. The molecule has 5 heteroatoms. The van der Waals surface area contributed by atoms with Gasteiger partial charge in [-0.25, -0.2) is 4.79 Å². The van der Waals surface area contributed by atoms with Gasteiger partial charge in [-0.15, -0.1) is 0 Å². The molecule has 108 valence electrons. The lowest BCUT2D eigenvalue weighted by molar-refractivity contribution is 0.0663. The van der Waals surface area contributed by atoms with Gasteiger partial charge in [0.25, 0.3) is 0 Å². The number of hydrogen-bond acceptors (Lipinski definition) is 4. The number of nitrogens with zero attached hydrogens (tertiary/aromatic N) is 1. The molecule has 2 rings (SSSR count). The Labute approximate surface area is 118 Å². The van der Waals surface area contributed by atoms with E-state index in [1.807, 2.05) is 32.3 Å². The van der Waals surface area contributed by atoms with Crippen LogP contribution in [0.4, 0.5) is 0 Å². The van der Waals surface area contributed by atoms with Gasteiger partial charge in [0.15, 0.2) is 0 Å². The van der Waals surface area contributed by atoms with Crippen molar-refractivity contribution in [3.05, 3.63) is 35.6 Å². The summed E-state index contributed by atoms with van der Waals surface area (Å²) < 4.78 is 5.42. The molecular formula is C15H20N2O3. The minimum atomic E-state index is -1.03. The molecule has 0 aliphatic rings. The highest BCUT2D eigenvalue weighted by Crippen LogP contribution is 2.25. The molecule has 1 atom stereocenters. The van der Waals surface area contributed by atoms with Gasteiger partial charge in [0.1, 0.15) is 5.58 Å². The van der Waals surface area contributed by atoms with Crippen LogP contribution in [0.15, 0.2) is 28.7 Å². The number of rotatable bonds is 6. The van der Waals surface area contributed by atoms with Crippen LogP contribution in [0.5, 0.6) is 0 Å². The molecule has 1 unspecified atom stereocenters. The van der Waals surface area contributed by atoms with E-state index in [0.717, 1.165) is 11.9 Å². The number of para-hydroxylation sites is 1. The van der Waals surface area contributed by atoms with Crippen molar-refractivity contribution in [1.82, 2.24) is 10.2 Å². The lowest BCUT2D eigenvalue weighted by Gasteiger charge is -2.19. The molecule has 0 saturated carbocycles. The molecule has 0 aliphatic heterocycles. The van der Waals surface area contributed by atoms with Gasteiger partial charge in [-0.1, -0.05) is 18.2 Å². The zero-order valence-corrected chi connectivity index (χ0v) is 12.0. The van der Waals surface area contributed by atoms with Gasteiger partial charge in [-0.2, -0.15) is 0 Å². The molecule has 0 bridgehead atoms. The summed E-state index contributed by atoms with van der Waals surface area (Å²) in [6, 6.07) is 7.77. The van der Waals surface area contributed by atoms with Crippen molar-refractivity contribution >= 4 is 16.9 Å². The van der Waals surface area contributed by atoms with Crippen LogP contribution in [-0.4, -0.2) is 42.7 Å². The average Bonchev–Trinajstić information content (AvgIpc) is 2.78. The summed E-state index contributed by atoms with van der Waals surface area (Å²) in [6.07, 6.45) is 0. The summed E-state index contributed by atoms with van der Waals surface area (Å²) in [5.41, 5.74) is 1.32. The van der Waals surface area contributed by atoms with Gasteiger partial charge >= 0.3 is 5.97 Å². The summed E-state index contributed by atoms with van der Waals surface area (Å²) in [5.74, 6) is -1.00. The summed E-state index contributed by atoms with van der Waals surface area (Å²) in [4.78, 5) is 13.4. The number of carboxylic acid groups (broad SMARTS) is 1. The predicted octanol–water partition coefficient (Wildman–Crippen LogP) is 2.17. The molecule has 20 heavy (non-hydrogen) atoms. The van der Waals surface area contributed by atoms with E-state index in [0.29, 0.717) is 23.7 Å². The second-order valence-electron chi connectivity index (χ2n) is 5.15. The van der Waals surface area contributed by atoms with Crippen molar-refractivity contribution in [2.24, 2.45) is 0 Å². The Hall–Kier alpha value is -1.85. The molecule has 5 nitrogen and oxygen atoms in total. The van der Waals surface area contributed by atoms with Crippen LogP contribution in [0.3, 0.4) is 0 Å². The van der Waals surface area contributed by atoms with E-state index in [-0.39, 0.29) is 5.76 Å². The number of carboxylic acids is 1. The molecule has 1 aromatic carbocycles. The van der Waals surface area contributed by atoms with Crippen molar-refractivity contribution in [3.63, 3.8) is 0 Å². The number of aromatic carboxylic acids is 1. The maximum atomic E-state index is 11.3. The number of benzene rings is 1. The molecule has 0 amide bonds. The highest BCUT2D eigenvalue weighted by Gasteiger charge is 2.19. The van der Waals surface area contributed by atoms with Gasteiger partial charge in [-0.05, 0) is 27.1 Å². The lowest BCUT2D eigenvalue weighted by Crippen LogP contribution is -2.35. The summed E-state index contributed by atoms with van der Waals surface area (Å²) in [7, 11) is 4.03. The number of furan rings is 1. The number of hydrogen-bond donors (Lipinski definition) is 2. The SMILES string of the molecule is CC(CNCc1c(C(=O)O)oc2ccccc12)N(C)C. The molecular weight excluding hydrogens is 256 g/mol. The van der Waals surface area contributed by atoms with Crippen molar-refractivity contribution in [2.45, 2.75) is 19.5 Å². The predicted molar refractivity (Wildman–Crippen MR) is 78.0 cm³/mol. The second-order valence-corrected chi connectivity index (χ2v) is 5.15. The first kappa shape index (κ1) is 14.6. The Morgan fingerprint density at radius 2 is 2.10 bits per heavy atom. The Morgan fingerprint density at radius 1 is 1.40 bits per heavy atom. The minimum Gasteiger partial charge on any atom is -0.475 e. The van der Waals surface area contributed by atoms with Crippen molar-refractivity contribution in [2.75, 3.05) is 20.6 Å². The van der Waals surface area contributed by atoms with Gasteiger partial charge in [-0.3, -0.25) is 0 Å². The fraction of sp³-hybridized carbons (Fsp3) is 0.400. The van der Waals surface area contributed by atoms with Gasteiger partial charge < -0.3 is 19.7 Å². The largest absolute Gasteiger partial charge is 0.475 e. The topological polar surface area (TPSA) is 65.7 Å². The number of carbonyl (C=O) groups is 1. The first-order chi connectivity index (χ1) is 9.50. The monoisotopic (exact) mass is 276 g/mol. The van der Waals surface area contributed by atoms with Gasteiger partial charge in [0.05, 0.1) is 0 Å². The van der Waals surface area contributed by atoms with Crippen LogP contribution < -0.4 is 5.32 Å². The highest BCUT2D eigenvalue weighted by molar-refractivity contribution is 5.95. The lowest BCUT2D eigenvalue weighted by atomic mass is 10.1. The van der Waals surface area contributed by atoms with Gasteiger partial charge in [0, 0.05) is 30.1 Å². The second kappa shape index (κ2) is 6.07. The quantitative estimate of drug-likeness (QED) is 0.846. The first-order valence-electron chi connectivity index (χ1n) is 6.61. The molecule has 2 aromatic rings. The zero-order chi connectivity index (χ0) is 14.7. The third kappa shape index (κ3) is 3.00.